The summed E-state index contributed by atoms with van der Waals surface area (Å²) in [4.78, 5) is 19.3. The molecular formula is C18H20N2O2S. The Bertz CT molecular complexity index is 675. The van der Waals surface area contributed by atoms with Crippen LogP contribution in [0.3, 0.4) is 0 Å². The van der Waals surface area contributed by atoms with Crippen molar-refractivity contribution in [2.24, 2.45) is 5.92 Å². The van der Waals surface area contributed by atoms with E-state index < -0.39 is 0 Å². The van der Waals surface area contributed by atoms with Gasteiger partial charge < -0.3 is 4.74 Å². The van der Waals surface area contributed by atoms with Crippen molar-refractivity contribution >= 4 is 22.4 Å². The lowest BCUT2D eigenvalue weighted by molar-refractivity contribution is -0.120. The summed E-state index contributed by atoms with van der Waals surface area (Å²) in [7, 11) is 0. The third-order valence-electron chi connectivity index (χ3n) is 4.40. The molecule has 1 aromatic carbocycles. The fourth-order valence-corrected chi connectivity index (χ4v) is 3.78. The van der Waals surface area contributed by atoms with Crippen LogP contribution in [0, 0.1) is 5.92 Å². The number of thiazole rings is 1. The second-order valence-electron chi connectivity index (χ2n) is 6.24. The van der Waals surface area contributed by atoms with Crippen LogP contribution < -0.4 is 4.90 Å². The number of rotatable bonds is 5. The summed E-state index contributed by atoms with van der Waals surface area (Å²) < 4.78 is 5.73. The third kappa shape index (κ3) is 3.31. The molecule has 120 valence electrons. The number of benzene rings is 1. The fourth-order valence-electron chi connectivity index (χ4n) is 2.93. The molecule has 2 heterocycles. The maximum Gasteiger partial charge on any atom is 0.231 e. The predicted octanol–water partition coefficient (Wildman–Crippen LogP) is 3.73. The molecule has 23 heavy (non-hydrogen) atoms. The Labute approximate surface area is 140 Å². The first-order chi connectivity index (χ1) is 11.3. The van der Waals surface area contributed by atoms with Gasteiger partial charge in [0.25, 0.3) is 0 Å². The Hall–Kier alpha value is -1.72. The minimum absolute atomic E-state index is 0.154. The van der Waals surface area contributed by atoms with E-state index in [1.807, 2.05) is 40.6 Å². The SMILES string of the molecule is O=C(C1CC1)N(CC1CCCO1)c1nc(-c2ccccc2)cs1. The topological polar surface area (TPSA) is 42.4 Å². The van der Waals surface area contributed by atoms with Gasteiger partial charge in [0.1, 0.15) is 0 Å². The van der Waals surface area contributed by atoms with Crippen LogP contribution in [0.1, 0.15) is 25.7 Å². The van der Waals surface area contributed by atoms with E-state index in [0.29, 0.717) is 6.54 Å². The van der Waals surface area contributed by atoms with Crippen molar-refractivity contribution in [3.63, 3.8) is 0 Å². The molecular weight excluding hydrogens is 308 g/mol. The van der Waals surface area contributed by atoms with Crippen molar-refractivity contribution in [2.45, 2.75) is 31.8 Å². The average Bonchev–Trinajstić information content (AvgIpc) is 3.10. The molecule has 0 radical (unpaired) electrons. The van der Waals surface area contributed by atoms with Gasteiger partial charge in [-0.2, -0.15) is 0 Å². The van der Waals surface area contributed by atoms with Crippen molar-refractivity contribution in [3.05, 3.63) is 35.7 Å². The number of aromatic nitrogens is 1. The number of nitrogens with zero attached hydrogens (tertiary/aromatic N) is 2. The van der Waals surface area contributed by atoms with Crippen LogP contribution in [-0.4, -0.2) is 30.1 Å². The predicted molar refractivity (Wildman–Crippen MR) is 91.6 cm³/mol. The highest BCUT2D eigenvalue weighted by Gasteiger charge is 2.36. The van der Waals surface area contributed by atoms with Gasteiger partial charge in [0, 0.05) is 23.5 Å². The molecule has 4 nitrogen and oxygen atoms in total. The smallest absolute Gasteiger partial charge is 0.231 e. The van der Waals surface area contributed by atoms with E-state index in [0.717, 1.165) is 48.7 Å². The monoisotopic (exact) mass is 328 g/mol. The first kappa shape index (κ1) is 14.8. The second kappa shape index (κ2) is 6.42. The highest BCUT2D eigenvalue weighted by molar-refractivity contribution is 7.14. The second-order valence-corrected chi connectivity index (χ2v) is 7.08. The van der Waals surface area contributed by atoms with Crippen LogP contribution in [0.25, 0.3) is 11.3 Å². The summed E-state index contributed by atoms with van der Waals surface area (Å²) in [5.41, 5.74) is 2.03. The molecule has 1 saturated carbocycles. The standard InChI is InChI=1S/C18H20N2O2S/c21-17(14-8-9-14)20(11-15-7-4-10-22-15)18-19-16(12-23-18)13-5-2-1-3-6-13/h1-3,5-6,12,14-15H,4,7-11H2. The zero-order chi connectivity index (χ0) is 15.6. The Morgan fingerprint density at radius 2 is 2.09 bits per heavy atom. The number of ether oxygens (including phenoxy) is 1. The summed E-state index contributed by atoms with van der Waals surface area (Å²) in [6, 6.07) is 10.1. The first-order valence-corrected chi connectivity index (χ1v) is 9.13. The molecule has 5 heteroatoms. The summed E-state index contributed by atoms with van der Waals surface area (Å²) in [5, 5.41) is 2.84. The largest absolute Gasteiger partial charge is 0.376 e. The van der Waals surface area contributed by atoms with Crippen molar-refractivity contribution in [1.82, 2.24) is 4.98 Å². The van der Waals surface area contributed by atoms with E-state index in [-0.39, 0.29) is 17.9 Å². The van der Waals surface area contributed by atoms with E-state index >= 15 is 0 Å². The lowest BCUT2D eigenvalue weighted by Gasteiger charge is -2.23. The zero-order valence-corrected chi connectivity index (χ0v) is 13.8. The van der Waals surface area contributed by atoms with Crippen LogP contribution in [-0.2, 0) is 9.53 Å². The Morgan fingerprint density at radius 1 is 1.26 bits per heavy atom. The van der Waals surface area contributed by atoms with Gasteiger partial charge in [-0.05, 0) is 25.7 Å². The molecule has 0 N–H and O–H groups in total. The molecule has 1 atom stereocenters. The van der Waals surface area contributed by atoms with Crippen molar-refractivity contribution < 1.29 is 9.53 Å². The number of amides is 1. The molecule has 2 aliphatic rings. The number of hydrogen-bond acceptors (Lipinski definition) is 4. The molecule has 1 amide bonds. The van der Waals surface area contributed by atoms with Crippen molar-refractivity contribution in [2.75, 3.05) is 18.1 Å². The van der Waals surface area contributed by atoms with E-state index in [1.54, 1.807) is 11.3 Å². The Morgan fingerprint density at radius 3 is 2.78 bits per heavy atom. The Kier molecular flexibility index (Phi) is 4.14. The summed E-state index contributed by atoms with van der Waals surface area (Å²) in [6.07, 6.45) is 4.30. The van der Waals surface area contributed by atoms with E-state index in [9.17, 15) is 4.79 Å². The molecule has 2 fully saturated rings. The fraction of sp³-hybridized carbons (Fsp3) is 0.444. The van der Waals surface area contributed by atoms with Gasteiger partial charge in [0.05, 0.1) is 18.3 Å². The van der Waals surface area contributed by atoms with Crippen LogP contribution in [0.4, 0.5) is 5.13 Å². The zero-order valence-electron chi connectivity index (χ0n) is 13.0. The van der Waals surface area contributed by atoms with Gasteiger partial charge in [-0.25, -0.2) is 4.98 Å². The summed E-state index contributed by atoms with van der Waals surface area (Å²) in [6.45, 7) is 1.44. The highest BCUT2D eigenvalue weighted by Crippen LogP contribution is 2.35. The van der Waals surface area contributed by atoms with E-state index in [4.69, 9.17) is 9.72 Å². The number of hydrogen-bond donors (Lipinski definition) is 0. The number of carbonyl (C=O) groups excluding carboxylic acids is 1. The number of anilines is 1. The minimum atomic E-state index is 0.154. The van der Waals surface area contributed by atoms with Gasteiger partial charge in [-0.3, -0.25) is 9.69 Å². The van der Waals surface area contributed by atoms with Crippen LogP contribution in [0.2, 0.25) is 0 Å². The Balaban J connectivity index is 1.58. The van der Waals surface area contributed by atoms with Gasteiger partial charge in [-0.1, -0.05) is 30.3 Å². The maximum absolute atomic E-state index is 12.7. The molecule has 1 saturated heterocycles. The minimum Gasteiger partial charge on any atom is -0.376 e. The maximum atomic E-state index is 12.7. The lowest BCUT2D eigenvalue weighted by Crippen LogP contribution is -2.38. The highest BCUT2D eigenvalue weighted by atomic mass is 32.1. The first-order valence-electron chi connectivity index (χ1n) is 8.25. The van der Waals surface area contributed by atoms with Crippen molar-refractivity contribution in [1.29, 1.82) is 0 Å². The van der Waals surface area contributed by atoms with Crippen LogP contribution in [0.15, 0.2) is 35.7 Å². The van der Waals surface area contributed by atoms with Gasteiger partial charge in [0.2, 0.25) is 5.91 Å². The normalized spacial score (nSPS) is 20.6. The molecule has 0 spiro atoms. The van der Waals surface area contributed by atoms with E-state index in [2.05, 4.69) is 0 Å². The van der Waals surface area contributed by atoms with Gasteiger partial charge in [-0.15, -0.1) is 11.3 Å². The molecule has 1 aromatic heterocycles. The molecule has 2 aromatic rings. The van der Waals surface area contributed by atoms with Gasteiger partial charge >= 0.3 is 0 Å². The summed E-state index contributed by atoms with van der Waals surface area (Å²) >= 11 is 1.55. The van der Waals surface area contributed by atoms with Gasteiger partial charge in [0.15, 0.2) is 5.13 Å². The molecule has 1 unspecified atom stereocenters. The molecule has 1 aliphatic heterocycles. The molecule has 1 aliphatic carbocycles. The van der Waals surface area contributed by atoms with Crippen LogP contribution in [0.5, 0.6) is 0 Å². The average molecular weight is 328 g/mol. The third-order valence-corrected chi connectivity index (χ3v) is 5.26. The molecule has 4 rings (SSSR count). The number of carbonyl (C=O) groups is 1. The summed E-state index contributed by atoms with van der Waals surface area (Å²) in [5.74, 6) is 0.412. The van der Waals surface area contributed by atoms with Crippen molar-refractivity contribution in [3.8, 4) is 11.3 Å². The van der Waals surface area contributed by atoms with Crippen LogP contribution >= 0.6 is 11.3 Å². The van der Waals surface area contributed by atoms with E-state index in [1.165, 1.54) is 0 Å². The molecule has 0 bridgehead atoms. The quantitative estimate of drug-likeness (QED) is 0.840. The lowest BCUT2D eigenvalue weighted by atomic mass is 10.2.